The molecular formula is C11H19ClN4O. The topological polar surface area (TPSA) is 59.0 Å². The summed E-state index contributed by atoms with van der Waals surface area (Å²) in [6.45, 7) is 2.41. The van der Waals surface area contributed by atoms with Crippen LogP contribution in [0.4, 0.5) is 0 Å². The molecule has 0 unspecified atom stereocenters. The van der Waals surface area contributed by atoms with Crippen molar-refractivity contribution in [3.05, 3.63) is 18.0 Å². The minimum absolute atomic E-state index is 0. The van der Waals surface area contributed by atoms with E-state index in [1.165, 1.54) is 5.56 Å². The summed E-state index contributed by atoms with van der Waals surface area (Å²) >= 11 is 0. The van der Waals surface area contributed by atoms with Gasteiger partial charge in [0.25, 0.3) is 0 Å². The van der Waals surface area contributed by atoms with Gasteiger partial charge in [-0.25, -0.2) is 0 Å². The largest absolute Gasteiger partial charge is 0.356 e. The molecule has 2 rings (SSSR count). The van der Waals surface area contributed by atoms with Crippen LogP contribution < -0.4 is 10.6 Å². The van der Waals surface area contributed by atoms with Crippen molar-refractivity contribution in [1.29, 1.82) is 0 Å². The molecule has 1 aliphatic heterocycles. The van der Waals surface area contributed by atoms with E-state index in [1.54, 1.807) is 4.68 Å². The zero-order valence-corrected chi connectivity index (χ0v) is 10.8. The lowest BCUT2D eigenvalue weighted by Crippen LogP contribution is -2.50. The highest BCUT2D eigenvalue weighted by atomic mass is 35.5. The minimum atomic E-state index is 0. The van der Waals surface area contributed by atoms with Crippen LogP contribution in [0.5, 0.6) is 0 Å². The second-order valence-corrected chi connectivity index (χ2v) is 4.27. The lowest BCUT2D eigenvalue weighted by atomic mass is 10.0. The molecule has 0 aromatic carbocycles. The van der Waals surface area contributed by atoms with E-state index in [0.29, 0.717) is 0 Å². The second-order valence-electron chi connectivity index (χ2n) is 4.27. The van der Waals surface area contributed by atoms with Crippen LogP contribution in [-0.2, 0) is 18.3 Å². The molecule has 0 saturated carbocycles. The highest BCUT2D eigenvalue weighted by Gasteiger charge is 2.23. The molecule has 1 amide bonds. The van der Waals surface area contributed by atoms with Crippen molar-refractivity contribution in [3.63, 3.8) is 0 Å². The summed E-state index contributed by atoms with van der Waals surface area (Å²) in [6.07, 6.45) is 5.82. The number of nitrogens with one attached hydrogen (secondary N) is 2. The van der Waals surface area contributed by atoms with E-state index in [4.69, 9.17) is 0 Å². The Labute approximate surface area is 107 Å². The number of carbonyl (C=O) groups is 1. The summed E-state index contributed by atoms with van der Waals surface area (Å²) in [5.74, 6) is 0.378. The molecule has 1 aliphatic rings. The maximum absolute atomic E-state index is 11.5. The SMILES string of the molecule is Cl.Cn1cc(CCCNC(=O)C2CNC2)cn1. The summed E-state index contributed by atoms with van der Waals surface area (Å²) < 4.78 is 1.80. The number of hydrogen-bond acceptors (Lipinski definition) is 3. The minimum Gasteiger partial charge on any atom is -0.356 e. The predicted molar refractivity (Wildman–Crippen MR) is 68.1 cm³/mol. The molecule has 1 saturated heterocycles. The molecule has 0 bridgehead atoms. The van der Waals surface area contributed by atoms with E-state index in [-0.39, 0.29) is 24.2 Å². The third kappa shape index (κ3) is 4.02. The van der Waals surface area contributed by atoms with Crippen LogP contribution >= 0.6 is 12.4 Å². The van der Waals surface area contributed by atoms with Crippen molar-refractivity contribution in [2.24, 2.45) is 13.0 Å². The number of aromatic nitrogens is 2. The lowest BCUT2D eigenvalue weighted by molar-refractivity contribution is -0.126. The average molecular weight is 259 g/mol. The fourth-order valence-corrected chi connectivity index (χ4v) is 1.72. The third-order valence-corrected chi connectivity index (χ3v) is 2.85. The number of amides is 1. The number of nitrogens with zero attached hydrogens (tertiary/aromatic N) is 2. The quantitative estimate of drug-likeness (QED) is 0.737. The van der Waals surface area contributed by atoms with E-state index in [0.717, 1.165) is 32.5 Å². The highest BCUT2D eigenvalue weighted by Crippen LogP contribution is 2.03. The van der Waals surface area contributed by atoms with Crippen molar-refractivity contribution in [2.75, 3.05) is 19.6 Å². The maximum atomic E-state index is 11.5. The molecule has 1 aromatic heterocycles. The normalized spacial score (nSPS) is 14.9. The smallest absolute Gasteiger partial charge is 0.225 e. The summed E-state index contributed by atoms with van der Waals surface area (Å²) in [6, 6.07) is 0. The molecule has 1 aromatic rings. The Balaban J connectivity index is 0.00000144. The van der Waals surface area contributed by atoms with Crippen LogP contribution in [0.2, 0.25) is 0 Å². The first-order valence-corrected chi connectivity index (χ1v) is 5.71. The Morgan fingerprint density at radius 3 is 2.94 bits per heavy atom. The Hall–Kier alpha value is -1.07. The molecule has 17 heavy (non-hydrogen) atoms. The van der Waals surface area contributed by atoms with Gasteiger partial charge in [-0.05, 0) is 18.4 Å². The van der Waals surface area contributed by atoms with Crippen LogP contribution in [-0.4, -0.2) is 35.3 Å². The van der Waals surface area contributed by atoms with Crippen LogP contribution in [0.1, 0.15) is 12.0 Å². The standard InChI is InChI=1S/C11H18N4O.ClH/c1-15-8-9(5-14-15)3-2-4-13-11(16)10-6-12-7-10;/h5,8,10,12H,2-4,6-7H2,1H3,(H,13,16);1H. The van der Waals surface area contributed by atoms with Crippen molar-refractivity contribution < 1.29 is 4.79 Å². The predicted octanol–water partition coefficient (Wildman–Crippen LogP) is 0.110. The van der Waals surface area contributed by atoms with Gasteiger partial charge >= 0.3 is 0 Å². The average Bonchev–Trinajstić information content (AvgIpc) is 2.56. The van der Waals surface area contributed by atoms with Crippen LogP contribution in [0.3, 0.4) is 0 Å². The van der Waals surface area contributed by atoms with Gasteiger partial charge in [-0.15, -0.1) is 12.4 Å². The van der Waals surface area contributed by atoms with E-state index in [1.807, 2.05) is 19.4 Å². The fraction of sp³-hybridized carbons (Fsp3) is 0.636. The maximum Gasteiger partial charge on any atom is 0.225 e. The summed E-state index contributed by atoms with van der Waals surface area (Å²) in [5, 5.41) is 10.1. The van der Waals surface area contributed by atoms with Gasteiger partial charge in [0.2, 0.25) is 5.91 Å². The zero-order chi connectivity index (χ0) is 11.4. The third-order valence-electron chi connectivity index (χ3n) is 2.85. The van der Waals surface area contributed by atoms with Gasteiger partial charge in [0.15, 0.2) is 0 Å². The fourth-order valence-electron chi connectivity index (χ4n) is 1.72. The molecule has 0 radical (unpaired) electrons. The van der Waals surface area contributed by atoms with Crippen LogP contribution in [0, 0.1) is 5.92 Å². The first-order chi connectivity index (χ1) is 7.75. The number of halogens is 1. The highest BCUT2D eigenvalue weighted by molar-refractivity contribution is 5.85. The summed E-state index contributed by atoms with van der Waals surface area (Å²) in [4.78, 5) is 11.5. The van der Waals surface area contributed by atoms with Crippen molar-refractivity contribution >= 4 is 18.3 Å². The Bertz CT molecular complexity index is 362. The molecule has 5 nitrogen and oxygen atoms in total. The zero-order valence-electron chi connectivity index (χ0n) is 9.98. The van der Waals surface area contributed by atoms with Gasteiger partial charge in [0.1, 0.15) is 0 Å². The first kappa shape index (κ1) is 14.0. The number of hydrogen-bond donors (Lipinski definition) is 2. The summed E-state index contributed by atoms with van der Waals surface area (Å²) in [5.41, 5.74) is 1.22. The van der Waals surface area contributed by atoms with Crippen molar-refractivity contribution in [2.45, 2.75) is 12.8 Å². The molecule has 2 N–H and O–H groups in total. The number of rotatable bonds is 5. The van der Waals surface area contributed by atoms with Crippen molar-refractivity contribution in [1.82, 2.24) is 20.4 Å². The molecule has 0 aliphatic carbocycles. The van der Waals surface area contributed by atoms with E-state index >= 15 is 0 Å². The Morgan fingerprint density at radius 1 is 1.65 bits per heavy atom. The molecule has 2 heterocycles. The number of aryl methyl sites for hydroxylation is 2. The van der Waals surface area contributed by atoms with Gasteiger partial charge in [0, 0.05) is 32.9 Å². The Kier molecular flexibility index (Phi) is 5.44. The van der Waals surface area contributed by atoms with Gasteiger partial charge in [-0.3, -0.25) is 9.48 Å². The van der Waals surface area contributed by atoms with Gasteiger partial charge in [-0.1, -0.05) is 0 Å². The Morgan fingerprint density at radius 2 is 2.41 bits per heavy atom. The first-order valence-electron chi connectivity index (χ1n) is 5.71. The molecule has 96 valence electrons. The molecule has 6 heteroatoms. The van der Waals surface area contributed by atoms with E-state index < -0.39 is 0 Å². The second kappa shape index (κ2) is 6.61. The summed E-state index contributed by atoms with van der Waals surface area (Å²) in [7, 11) is 1.91. The monoisotopic (exact) mass is 258 g/mol. The number of carbonyl (C=O) groups excluding carboxylic acids is 1. The lowest BCUT2D eigenvalue weighted by Gasteiger charge is -2.25. The van der Waals surface area contributed by atoms with Gasteiger partial charge in [0.05, 0.1) is 12.1 Å². The van der Waals surface area contributed by atoms with Gasteiger partial charge < -0.3 is 10.6 Å². The molecule has 1 fully saturated rings. The van der Waals surface area contributed by atoms with E-state index in [9.17, 15) is 4.79 Å². The van der Waals surface area contributed by atoms with Crippen LogP contribution in [0.25, 0.3) is 0 Å². The van der Waals surface area contributed by atoms with Gasteiger partial charge in [-0.2, -0.15) is 5.10 Å². The van der Waals surface area contributed by atoms with Crippen LogP contribution in [0.15, 0.2) is 12.4 Å². The molecule has 0 atom stereocenters. The van der Waals surface area contributed by atoms with E-state index in [2.05, 4.69) is 15.7 Å². The molecular weight excluding hydrogens is 240 g/mol. The van der Waals surface area contributed by atoms with Crippen molar-refractivity contribution in [3.8, 4) is 0 Å². The molecule has 0 spiro atoms.